The van der Waals surface area contributed by atoms with Gasteiger partial charge in [-0.2, -0.15) is 0 Å². The molecule has 1 rings (SSSR count). The van der Waals surface area contributed by atoms with Gasteiger partial charge in [0.15, 0.2) is 0 Å². The molecule has 0 aromatic rings. The van der Waals surface area contributed by atoms with Crippen LogP contribution in [0, 0.1) is 11.3 Å². The maximum absolute atomic E-state index is 10.2. The highest BCUT2D eigenvalue weighted by molar-refractivity contribution is 5.22. The standard InChI is InChI=1S/C14H24O/c1-6-7-12(15)13-11(3)10(2)8-9-14(13,4)5/h6-7,12-13,15H,8-9H2,1-5H3. The van der Waals surface area contributed by atoms with E-state index in [0.29, 0.717) is 0 Å². The van der Waals surface area contributed by atoms with Crippen LogP contribution < -0.4 is 0 Å². The van der Waals surface area contributed by atoms with Crippen molar-refractivity contribution < 1.29 is 5.11 Å². The minimum Gasteiger partial charge on any atom is -0.388 e. The molecule has 0 aromatic heterocycles. The molecule has 2 unspecified atom stereocenters. The molecule has 1 aliphatic rings. The van der Waals surface area contributed by atoms with Gasteiger partial charge >= 0.3 is 0 Å². The van der Waals surface area contributed by atoms with E-state index in [1.807, 2.05) is 19.1 Å². The van der Waals surface area contributed by atoms with Crippen molar-refractivity contribution in [3.05, 3.63) is 23.3 Å². The van der Waals surface area contributed by atoms with E-state index in [4.69, 9.17) is 0 Å². The average Bonchev–Trinajstić information content (AvgIpc) is 2.12. The Labute approximate surface area is 93.9 Å². The van der Waals surface area contributed by atoms with Crippen LogP contribution in [-0.2, 0) is 0 Å². The SMILES string of the molecule is CC=CC(O)C1C(C)=C(C)CCC1(C)C. The van der Waals surface area contributed by atoms with E-state index in [0.717, 1.165) is 0 Å². The van der Waals surface area contributed by atoms with Gasteiger partial charge in [0.05, 0.1) is 6.10 Å². The van der Waals surface area contributed by atoms with Crippen LogP contribution in [0.25, 0.3) is 0 Å². The maximum atomic E-state index is 10.2. The Bertz CT molecular complexity index is 284. The molecular weight excluding hydrogens is 184 g/mol. The topological polar surface area (TPSA) is 20.2 Å². The van der Waals surface area contributed by atoms with Crippen molar-refractivity contribution in [1.82, 2.24) is 0 Å². The van der Waals surface area contributed by atoms with Crippen molar-refractivity contribution in [2.75, 3.05) is 0 Å². The second-order valence-corrected chi connectivity index (χ2v) is 5.45. The zero-order valence-electron chi connectivity index (χ0n) is 10.7. The van der Waals surface area contributed by atoms with E-state index in [1.54, 1.807) is 0 Å². The lowest BCUT2D eigenvalue weighted by Crippen LogP contribution is -2.37. The van der Waals surface area contributed by atoms with E-state index < -0.39 is 0 Å². The van der Waals surface area contributed by atoms with Crippen molar-refractivity contribution in [3.63, 3.8) is 0 Å². The van der Waals surface area contributed by atoms with Crippen LogP contribution in [0.5, 0.6) is 0 Å². The van der Waals surface area contributed by atoms with Crippen LogP contribution in [0.4, 0.5) is 0 Å². The first kappa shape index (κ1) is 12.5. The fraction of sp³-hybridized carbons (Fsp3) is 0.714. The minimum absolute atomic E-state index is 0.211. The lowest BCUT2D eigenvalue weighted by atomic mass is 9.64. The van der Waals surface area contributed by atoms with E-state index in [9.17, 15) is 5.11 Å². The van der Waals surface area contributed by atoms with E-state index in [-0.39, 0.29) is 17.4 Å². The first-order valence-corrected chi connectivity index (χ1v) is 5.87. The van der Waals surface area contributed by atoms with Crippen LogP contribution in [0.3, 0.4) is 0 Å². The molecular formula is C14H24O. The summed E-state index contributed by atoms with van der Waals surface area (Å²) in [5.74, 6) is 0.280. The molecule has 0 bridgehead atoms. The van der Waals surface area contributed by atoms with Gasteiger partial charge in [0, 0.05) is 5.92 Å². The Hall–Kier alpha value is -0.560. The van der Waals surface area contributed by atoms with Gasteiger partial charge in [-0.3, -0.25) is 0 Å². The Balaban J connectivity index is 3.03. The molecule has 1 heteroatoms. The molecule has 0 aliphatic heterocycles. The number of hydrogen-bond donors (Lipinski definition) is 1. The van der Waals surface area contributed by atoms with Crippen LogP contribution >= 0.6 is 0 Å². The van der Waals surface area contributed by atoms with E-state index in [1.165, 1.54) is 24.0 Å². The molecule has 0 amide bonds. The largest absolute Gasteiger partial charge is 0.388 e. The third kappa shape index (κ3) is 2.52. The summed E-state index contributed by atoms with van der Waals surface area (Å²) < 4.78 is 0. The predicted octanol–water partition coefficient (Wildman–Crippen LogP) is 3.70. The highest BCUT2D eigenvalue weighted by Crippen LogP contribution is 2.45. The third-order valence-electron chi connectivity index (χ3n) is 3.86. The molecule has 0 saturated heterocycles. The summed E-state index contributed by atoms with van der Waals surface area (Å²) in [6, 6.07) is 0. The van der Waals surface area contributed by atoms with Gasteiger partial charge in [-0.15, -0.1) is 0 Å². The van der Waals surface area contributed by atoms with Crippen molar-refractivity contribution in [2.45, 2.75) is 53.6 Å². The minimum atomic E-state index is -0.333. The predicted molar refractivity (Wildman–Crippen MR) is 65.7 cm³/mol. The first-order chi connectivity index (χ1) is 6.90. The molecule has 1 N–H and O–H groups in total. The summed E-state index contributed by atoms with van der Waals surface area (Å²) >= 11 is 0. The molecule has 0 heterocycles. The smallest absolute Gasteiger partial charge is 0.0791 e. The van der Waals surface area contributed by atoms with Gasteiger partial charge in [0.25, 0.3) is 0 Å². The fourth-order valence-electron chi connectivity index (χ4n) is 2.74. The van der Waals surface area contributed by atoms with Crippen molar-refractivity contribution in [2.24, 2.45) is 11.3 Å². The molecule has 2 atom stereocenters. The van der Waals surface area contributed by atoms with Gasteiger partial charge in [-0.05, 0) is 39.0 Å². The molecule has 1 aliphatic carbocycles. The number of rotatable bonds is 2. The molecule has 86 valence electrons. The Morgan fingerprint density at radius 2 is 2.00 bits per heavy atom. The summed E-state index contributed by atoms with van der Waals surface area (Å²) in [5, 5.41) is 10.2. The molecule has 0 saturated carbocycles. The Morgan fingerprint density at radius 3 is 2.53 bits per heavy atom. The number of aliphatic hydroxyl groups excluding tert-OH is 1. The van der Waals surface area contributed by atoms with Gasteiger partial charge < -0.3 is 5.11 Å². The van der Waals surface area contributed by atoms with Crippen molar-refractivity contribution in [3.8, 4) is 0 Å². The van der Waals surface area contributed by atoms with Crippen molar-refractivity contribution in [1.29, 1.82) is 0 Å². The highest BCUT2D eigenvalue weighted by atomic mass is 16.3. The molecule has 0 aromatic carbocycles. The van der Waals surface area contributed by atoms with Crippen LogP contribution in [0.1, 0.15) is 47.5 Å². The second kappa shape index (κ2) is 4.52. The Kier molecular flexibility index (Phi) is 3.77. The lowest BCUT2D eigenvalue weighted by molar-refractivity contribution is 0.0763. The highest BCUT2D eigenvalue weighted by Gasteiger charge is 2.38. The first-order valence-electron chi connectivity index (χ1n) is 5.87. The summed E-state index contributed by atoms with van der Waals surface area (Å²) in [4.78, 5) is 0. The maximum Gasteiger partial charge on any atom is 0.0791 e. The van der Waals surface area contributed by atoms with E-state index >= 15 is 0 Å². The van der Waals surface area contributed by atoms with Crippen molar-refractivity contribution >= 4 is 0 Å². The van der Waals surface area contributed by atoms with Gasteiger partial charge in [0.2, 0.25) is 0 Å². The van der Waals surface area contributed by atoms with Gasteiger partial charge in [0.1, 0.15) is 0 Å². The fourth-order valence-corrected chi connectivity index (χ4v) is 2.74. The molecule has 0 spiro atoms. The molecule has 15 heavy (non-hydrogen) atoms. The zero-order valence-corrected chi connectivity index (χ0v) is 10.7. The second-order valence-electron chi connectivity index (χ2n) is 5.45. The number of allylic oxidation sites excluding steroid dienone is 2. The quantitative estimate of drug-likeness (QED) is 0.686. The number of hydrogen-bond acceptors (Lipinski definition) is 1. The van der Waals surface area contributed by atoms with Crippen LogP contribution in [-0.4, -0.2) is 11.2 Å². The zero-order chi connectivity index (χ0) is 11.6. The lowest BCUT2D eigenvalue weighted by Gasteiger charge is -2.42. The van der Waals surface area contributed by atoms with Crippen LogP contribution in [0.15, 0.2) is 23.3 Å². The summed E-state index contributed by atoms with van der Waals surface area (Å²) in [7, 11) is 0. The molecule has 0 fully saturated rings. The Morgan fingerprint density at radius 1 is 1.40 bits per heavy atom. The number of aliphatic hydroxyl groups is 1. The summed E-state index contributed by atoms with van der Waals surface area (Å²) in [6.45, 7) is 10.9. The monoisotopic (exact) mass is 208 g/mol. The third-order valence-corrected chi connectivity index (χ3v) is 3.86. The van der Waals surface area contributed by atoms with Gasteiger partial charge in [-0.1, -0.05) is 37.1 Å². The van der Waals surface area contributed by atoms with Crippen LogP contribution in [0.2, 0.25) is 0 Å². The summed E-state index contributed by atoms with van der Waals surface area (Å²) in [5.41, 5.74) is 3.06. The summed E-state index contributed by atoms with van der Waals surface area (Å²) in [6.07, 6.45) is 5.88. The molecule has 0 radical (unpaired) electrons. The van der Waals surface area contributed by atoms with Gasteiger partial charge in [-0.25, -0.2) is 0 Å². The molecule has 1 nitrogen and oxygen atoms in total. The average molecular weight is 208 g/mol. The normalized spacial score (nSPS) is 28.5. The van der Waals surface area contributed by atoms with E-state index in [2.05, 4.69) is 27.7 Å².